The topological polar surface area (TPSA) is 22.1 Å². The van der Waals surface area contributed by atoms with Gasteiger partial charge in [0.25, 0.3) is 0 Å². The molecule has 0 N–H and O–H groups in total. The molecule has 0 saturated heterocycles. The van der Waals surface area contributed by atoms with Crippen LogP contribution in [-0.4, -0.2) is 21.6 Å². The third-order valence-electron chi connectivity index (χ3n) is 2.52. The van der Waals surface area contributed by atoms with Gasteiger partial charge in [0.15, 0.2) is 0 Å². The van der Waals surface area contributed by atoms with Crippen LogP contribution in [0.15, 0.2) is 48.7 Å². The van der Waals surface area contributed by atoms with Gasteiger partial charge in [0.05, 0.1) is 16.6 Å². The minimum atomic E-state index is 0.680. The summed E-state index contributed by atoms with van der Waals surface area (Å²) in [4.78, 5) is 4.20. The molecule has 0 spiro atoms. The molecule has 0 unspecified atom stereocenters. The van der Waals surface area contributed by atoms with Crippen molar-refractivity contribution in [2.75, 3.05) is 7.11 Å². The summed E-state index contributed by atoms with van der Waals surface area (Å²) in [6, 6.07) is 15.8. The third-order valence-corrected chi connectivity index (χ3v) is 3.76. The third kappa shape index (κ3) is 3.71. The van der Waals surface area contributed by atoms with Crippen LogP contribution in [0.2, 0.25) is 6.04 Å². The fourth-order valence-corrected chi connectivity index (χ4v) is 2.72. The van der Waals surface area contributed by atoms with Gasteiger partial charge < -0.3 is 4.74 Å². The second-order valence-electron chi connectivity index (χ2n) is 3.75. The van der Waals surface area contributed by atoms with Gasteiger partial charge in [-0.3, -0.25) is 0 Å². The second-order valence-corrected chi connectivity index (χ2v) is 5.18. The molecule has 1 aromatic carbocycles. The Balaban J connectivity index is 1.82. The van der Waals surface area contributed by atoms with Crippen molar-refractivity contribution in [2.45, 2.75) is 12.5 Å². The first-order chi connectivity index (χ1) is 8.38. The van der Waals surface area contributed by atoms with E-state index in [0.29, 0.717) is 5.88 Å². The fourth-order valence-electron chi connectivity index (χ4n) is 1.59. The van der Waals surface area contributed by atoms with Gasteiger partial charge in [-0.1, -0.05) is 47.6 Å². The predicted molar refractivity (Wildman–Crippen MR) is 71.1 cm³/mol. The Hall–Kier alpha value is -1.61. The molecule has 0 bridgehead atoms. The van der Waals surface area contributed by atoms with Gasteiger partial charge in [0.1, 0.15) is 0 Å². The van der Waals surface area contributed by atoms with Crippen LogP contribution in [0.3, 0.4) is 0 Å². The van der Waals surface area contributed by atoms with Gasteiger partial charge in [-0.05, 0) is 12.0 Å². The Kier molecular flexibility index (Phi) is 4.33. The number of pyridine rings is 1. The van der Waals surface area contributed by atoms with Crippen LogP contribution in [0.4, 0.5) is 0 Å². The second kappa shape index (κ2) is 6.20. The summed E-state index contributed by atoms with van der Waals surface area (Å²) in [5, 5.41) is 1.42. The number of rotatable bonds is 5. The van der Waals surface area contributed by atoms with Crippen LogP contribution in [0.5, 0.6) is 5.88 Å². The molecule has 2 nitrogen and oxygen atoms in total. The molecule has 0 fully saturated rings. The molecule has 0 saturated carbocycles. The Morgan fingerprint density at radius 1 is 1.12 bits per heavy atom. The van der Waals surface area contributed by atoms with E-state index in [-0.39, 0.29) is 0 Å². The summed E-state index contributed by atoms with van der Waals surface area (Å²) < 4.78 is 5.03. The maximum Gasteiger partial charge on any atom is 0.212 e. The molecule has 86 valence electrons. The smallest absolute Gasteiger partial charge is 0.212 e. The Morgan fingerprint density at radius 3 is 2.59 bits per heavy atom. The quantitative estimate of drug-likeness (QED) is 0.748. The molecule has 0 amide bonds. The first-order valence-electron chi connectivity index (χ1n) is 5.66. The van der Waals surface area contributed by atoms with Crippen LogP contribution in [0, 0.1) is 0 Å². The Morgan fingerprint density at radius 2 is 1.94 bits per heavy atom. The van der Waals surface area contributed by atoms with Crippen LogP contribution >= 0.6 is 0 Å². The highest BCUT2D eigenvalue weighted by Gasteiger charge is 1.98. The molecule has 0 aliphatic rings. The van der Waals surface area contributed by atoms with E-state index in [1.54, 1.807) is 7.11 Å². The summed E-state index contributed by atoms with van der Waals surface area (Å²) >= 11 is 0. The van der Waals surface area contributed by atoms with Crippen molar-refractivity contribution in [3.63, 3.8) is 0 Å². The summed E-state index contributed by atoms with van der Waals surface area (Å²) in [5.41, 5.74) is 1.27. The van der Waals surface area contributed by atoms with Crippen molar-refractivity contribution in [1.29, 1.82) is 0 Å². The lowest BCUT2D eigenvalue weighted by Crippen LogP contribution is -2.13. The van der Waals surface area contributed by atoms with E-state index in [1.807, 2.05) is 12.3 Å². The molecule has 0 atom stereocenters. The standard InChI is InChI=1S/C14H15NOSi/c1-16-14-8-7-12(11-15-14)9-10-17-13-5-3-2-4-6-13/h2-8,11H,9-10H2,1H3. The van der Waals surface area contributed by atoms with E-state index in [2.05, 4.69) is 41.4 Å². The highest BCUT2D eigenvalue weighted by molar-refractivity contribution is 6.53. The minimum absolute atomic E-state index is 0.680. The van der Waals surface area contributed by atoms with Crippen LogP contribution < -0.4 is 9.92 Å². The molecule has 17 heavy (non-hydrogen) atoms. The van der Waals surface area contributed by atoms with Crippen molar-refractivity contribution >= 4 is 14.7 Å². The largest absolute Gasteiger partial charge is 0.481 e. The van der Waals surface area contributed by atoms with Gasteiger partial charge in [0, 0.05) is 12.3 Å². The van der Waals surface area contributed by atoms with Crippen LogP contribution in [-0.2, 0) is 6.42 Å². The monoisotopic (exact) mass is 241 g/mol. The molecule has 2 rings (SSSR count). The molecule has 3 heteroatoms. The fraction of sp³-hybridized carbons (Fsp3) is 0.214. The molecule has 2 aromatic rings. The van der Waals surface area contributed by atoms with Crippen molar-refractivity contribution in [1.82, 2.24) is 4.98 Å². The molecular weight excluding hydrogens is 226 g/mol. The predicted octanol–water partition coefficient (Wildman–Crippen LogP) is 2.08. The summed E-state index contributed by atoms with van der Waals surface area (Å²) in [7, 11) is 2.51. The first kappa shape index (κ1) is 11.9. The zero-order valence-corrected chi connectivity index (χ0v) is 10.9. The zero-order valence-electron chi connectivity index (χ0n) is 9.89. The highest BCUT2D eigenvalue weighted by atomic mass is 28.2. The average molecular weight is 241 g/mol. The molecule has 2 radical (unpaired) electrons. The van der Waals surface area contributed by atoms with Crippen molar-refractivity contribution in [3.8, 4) is 5.88 Å². The Labute approximate surface area is 104 Å². The van der Waals surface area contributed by atoms with Crippen molar-refractivity contribution in [3.05, 3.63) is 54.2 Å². The number of hydrogen-bond donors (Lipinski definition) is 0. The number of nitrogens with zero attached hydrogens (tertiary/aromatic N) is 1. The lowest BCUT2D eigenvalue weighted by atomic mass is 10.2. The van der Waals surface area contributed by atoms with Crippen molar-refractivity contribution < 1.29 is 4.74 Å². The summed E-state index contributed by atoms with van der Waals surface area (Å²) in [5.74, 6) is 0.680. The number of ether oxygens (including phenoxy) is 1. The lowest BCUT2D eigenvalue weighted by molar-refractivity contribution is 0.397. The number of benzene rings is 1. The number of aryl methyl sites for hydroxylation is 1. The van der Waals surface area contributed by atoms with E-state index in [4.69, 9.17) is 4.74 Å². The first-order valence-corrected chi connectivity index (χ1v) is 6.87. The van der Waals surface area contributed by atoms with Crippen LogP contribution in [0.25, 0.3) is 0 Å². The van der Waals surface area contributed by atoms with Gasteiger partial charge in [-0.25, -0.2) is 4.98 Å². The SMILES string of the molecule is COc1ccc(CC[Si]c2ccccc2)cn1. The lowest BCUT2D eigenvalue weighted by Gasteiger charge is -2.02. The maximum absolute atomic E-state index is 5.03. The molecule has 0 aliphatic carbocycles. The van der Waals surface area contributed by atoms with E-state index >= 15 is 0 Å². The minimum Gasteiger partial charge on any atom is -0.481 e. The number of hydrogen-bond acceptors (Lipinski definition) is 2. The normalized spacial score (nSPS) is 10.2. The van der Waals surface area contributed by atoms with E-state index < -0.39 is 0 Å². The molecule has 1 heterocycles. The summed E-state index contributed by atoms with van der Waals surface area (Å²) in [6.45, 7) is 0. The molecular formula is C14H15NOSi. The van der Waals surface area contributed by atoms with E-state index in [0.717, 1.165) is 15.9 Å². The van der Waals surface area contributed by atoms with Crippen molar-refractivity contribution in [2.24, 2.45) is 0 Å². The highest BCUT2D eigenvalue weighted by Crippen LogP contribution is 2.08. The van der Waals surface area contributed by atoms with Gasteiger partial charge in [-0.2, -0.15) is 0 Å². The van der Waals surface area contributed by atoms with Gasteiger partial charge >= 0.3 is 0 Å². The molecule has 1 aromatic heterocycles. The van der Waals surface area contributed by atoms with Crippen LogP contribution in [0.1, 0.15) is 5.56 Å². The van der Waals surface area contributed by atoms with E-state index in [9.17, 15) is 0 Å². The van der Waals surface area contributed by atoms with E-state index in [1.165, 1.54) is 16.8 Å². The Bertz CT molecular complexity index is 442. The van der Waals surface area contributed by atoms with Gasteiger partial charge in [-0.15, -0.1) is 0 Å². The number of methoxy groups -OCH3 is 1. The maximum atomic E-state index is 5.03. The molecule has 0 aliphatic heterocycles. The average Bonchev–Trinajstić information content (AvgIpc) is 2.41. The summed E-state index contributed by atoms with van der Waals surface area (Å²) in [6.07, 6.45) is 2.97. The number of aromatic nitrogens is 1. The zero-order chi connectivity index (χ0) is 11.9. The van der Waals surface area contributed by atoms with Gasteiger partial charge in [0.2, 0.25) is 5.88 Å².